The molecule has 0 N–H and O–H groups in total. The van der Waals surface area contributed by atoms with Gasteiger partial charge in [0, 0.05) is 25.0 Å². The Morgan fingerprint density at radius 1 is 1.17 bits per heavy atom. The third-order valence-corrected chi connectivity index (χ3v) is 4.53. The van der Waals surface area contributed by atoms with Crippen molar-refractivity contribution in [1.29, 1.82) is 0 Å². The van der Waals surface area contributed by atoms with Crippen LogP contribution in [0.25, 0.3) is 0 Å². The Balaban J connectivity index is 1.97. The Kier molecular flexibility index (Phi) is 3.80. The molecule has 0 fully saturated rings. The van der Waals surface area contributed by atoms with Crippen molar-refractivity contribution in [3.63, 3.8) is 0 Å². The Morgan fingerprint density at radius 3 is 2.57 bits per heavy atom. The molecule has 2 heterocycles. The van der Waals surface area contributed by atoms with Crippen LogP contribution in [0.5, 0.6) is 0 Å². The molecule has 23 heavy (non-hydrogen) atoms. The molecule has 1 aromatic heterocycles. The average molecular weight is 311 g/mol. The smallest absolute Gasteiger partial charge is 0.299 e. The SMILES string of the molecule is Cc1ccc2c(c1)CCCN2C(=O)C(=O)c1c(C)nn(C)c1C. The number of benzene rings is 1. The van der Waals surface area contributed by atoms with E-state index in [0.717, 1.165) is 29.8 Å². The van der Waals surface area contributed by atoms with Crippen molar-refractivity contribution >= 4 is 17.4 Å². The van der Waals surface area contributed by atoms with E-state index in [1.807, 2.05) is 26.0 Å². The fraction of sp³-hybridized carbons (Fsp3) is 0.389. The third kappa shape index (κ3) is 2.56. The first kappa shape index (κ1) is 15.5. The summed E-state index contributed by atoms with van der Waals surface area (Å²) in [7, 11) is 1.78. The van der Waals surface area contributed by atoms with Gasteiger partial charge in [0.15, 0.2) is 0 Å². The topological polar surface area (TPSA) is 55.2 Å². The van der Waals surface area contributed by atoms with E-state index in [9.17, 15) is 9.59 Å². The zero-order chi connectivity index (χ0) is 16.7. The number of hydrogen-bond donors (Lipinski definition) is 0. The van der Waals surface area contributed by atoms with E-state index in [1.54, 1.807) is 23.6 Å². The highest BCUT2D eigenvalue weighted by molar-refractivity contribution is 6.47. The highest BCUT2D eigenvalue weighted by Crippen LogP contribution is 2.29. The molecule has 120 valence electrons. The summed E-state index contributed by atoms with van der Waals surface area (Å²) in [4.78, 5) is 27.1. The Labute approximate surface area is 135 Å². The van der Waals surface area contributed by atoms with Crippen molar-refractivity contribution in [3.8, 4) is 0 Å². The van der Waals surface area contributed by atoms with Crippen LogP contribution in [0, 0.1) is 20.8 Å². The van der Waals surface area contributed by atoms with Gasteiger partial charge in [0.2, 0.25) is 0 Å². The average Bonchev–Trinajstić information content (AvgIpc) is 2.77. The lowest BCUT2D eigenvalue weighted by molar-refractivity contribution is -0.114. The number of hydrogen-bond acceptors (Lipinski definition) is 3. The zero-order valence-corrected chi connectivity index (χ0v) is 14.0. The minimum absolute atomic E-state index is 0.428. The Morgan fingerprint density at radius 2 is 1.91 bits per heavy atom. The minimum atomic E-state index is -0.471. The molecule has 0 atom stereocenters. The molecule has 2 aromatic rings. The molecule has 0 unspecified atom stereocenters. The van der Waals surface area contributed by atoms with Gasteiger partial charge in [-0.3, -0.25) is 14.3 Å². The summed E-state index contributed by atoms with van der Waals surface area (Å²) in [5, 5.41) is 4.24. The second-order valence-electron chi connectivity index (χ2n) is 6.19. The van der Waals surface area contributed by atoms with E-state index >= 15 is 0 Å². The van der Waals surface area contributed by atoms with E-state index in [2.05, 4.69) is 11.2 Å². The first-order valence-corrected chi connectivity index (χ1v) is 7.86. The molecule has 0 saturated heterocycles. The molecule has 1 aliphatic heterocycles. The largest absolute Gasteiger partial charge is 0.305 e. The van der Waals surface area contributed by atoms with Gasteiger partial charge in [-0.15, -0.1) is 0 Å². The number of rotatable bonds is 2. The van der Waals surface area contributed by atoms with Gasteiger partial charge in [0.1, 0.15) is 0 Å². The maximum atomic E-state index is 12.8. The molecule has 0 saturated carbocycles. The molecule has 0 aliphatic carbocycles. The molecular weight excluding hydrogens is 290 g/mol. The number of aryl methyl sites for hydroxylation is 4. The number of nitrogens with zero attached hydrogens (tertiary/aromatic N) is 3. The van der Waals surface area contributed by atoms with Gasteiger partial charge in [-0.05, 0) is 45.2 Å². The van der Waals surface area contributed by atoms with E-state index < -0.39 is 11.7 Å². The van der Waals surface area contributed by atoms with Crippen LogP contribution in [-0.2, 0) is 18.3 Å². The number of ketones is 1. The van der Waals surface area contributed by atoms with Gasteiger partial charge in [-0.1, -0.05) is 17.7 Å². The number of aromatic nitrogens is 2. The van der Waals surface area contributed by atoms with E-state index in [1.165, 1.54) is 5.56 Å². The van der Waals surface area contributed by atoms with Gasteiger partial charge >= 0.3 is 0 Å². The van der Waals surface area contributed by atoms with Crippen molar-refractivity contribution in [2.45, 2.75) is 33.6 Å². The minimum Gasteiger partial charge on any atom is -0.305 e. The fourth-order valence-corrected chi connectivity index (χ4v) is 3.27. The molecule has 0 spiro atoms. The highest BCUT2D eigenvalue weighted by Gasteiger charge is 2.31. The lowest BCUT2D eigenvalue weighted by Gasteiger charge is -2.29. The predicted octanol–water partition coefficient (Wildman–Crippen LogP) is 2.51. The summed E-state index contributed by atoms with van der Waals surface area (Å²) in [5.41, 5.74) is 4.92. The van der Waals surface area contributed by atoms with Crippen LogP contribution in [0.1, 0.15) is 39.3 Å². The van der Waals surface area contributed by atoms with Crippen LogP contribution < -0.4 is 4.90 Å². The maximum absolute atomic E-state index is 12.8. The van der Waals surface area contributed by atoms with Gasteiger partial charge < -0.3 is 4.90 Å². The number of carbonyl (C=O) groups excluding carboxylic acids is 2. The summed E-state index contributed by atoms with van der Waals surface area (Å²) in [6.07, 6.45) is 1.82. The van der Waals surface area contributed by atoms with Crippen LogP contribution in [0.15, 0.2) is 18.2 Å². The van der Waals surface area contributed by atoms with Crippen LogP contribution in [-0.4, -0.2) is 28.0 Å². The monoisotopic (exact) mass is 311 g/mol. The van der Waals surface area contributed by atoms with Crippen molar-refractivity contribution < 1.29 is 9.59 Å². The first-order chi connectivity index (χ1) is 10.9. The van der Waals surface area contributed by atoms with Crippen LogP contribution in [0.4, 0.5) is 5.69 Å². The molecule has 1 amide bonds. The van der Waals surface area contributed by atoms with Gasteiger partial charge in [-0.2, -0.15) is 5.10 Å². The van der Waals surface area contributed by atoms with Crippen molar-refractivity contribution in [2.24, 2.45) is 7.05 Å². The first-order valence-electron chi connectivity index (χ1n) is 7.86. The summed E-state index contributed by atoms with van der Waals surface area (Å²) in [6, 6.07) is 6.02. The molecule has 3 rings (SSSR count). The summed E-state index contributed by atoms with van der Waals surface area (Å²) in [5.74, 6) is -0.935. The lowest BCUT2D eigenvalue weighted by Crippen LogP contribution is -2.40. The third-order valence-electron chi connectivity index (χ3n) is 4.53. The Bertz CT molecular complexity index is 805. The molecule has 5 nitrogen and oxygen atoms in total. The van der Waals surface area contributed by atoms with E-state index in [4.69, 9.17) is 0 Å². The quantitative estimate of drug-likeness (QED) is 0.632. The number of fused-ring (bicyclic) bond motifs is 1. The molecule has 0 bridgehead atoms. The summed E-state index contributed by atoms with van der Waals surface area (Å²) in [6.45, 7) is 6.20. The van der Waals surface area contributed by atoms with Crippen LogP contribution in [0.3, 0.4) is 0 Å². The zero-order valence-electron chi connectivity index (χ0n) is 14.0. The summed E-state index contributed by atoms with van der Waals surface area (Å²) >= 11 is 0. The van der Waals surface area contributed by atoms with E-state index in [-0.39, 0.29) is 0 Å². The highest BCUT2D eigenvalue weighted by atomic mass is 16.2. The predicted molar refractivity (Wildman–Crippen MR) is 88.9 cm³/mol. The lowest BCUT2D eigenvalue weighted by atomic mass is 9.98. The molecule has 5 heteroatoms. The maximum Gasteiger partial charge on any atom is 0.299 e. The molecule has 0 radical (unpaired) electrons. The summed E-state index contributed by atoms with van der Waals surface area (Å²) < 4.78 is 1.64. The van der Waals surface area contributed by atoms with Crippen molar-refractivity contribution in [2.75, 3.05) is 11.4 Å². The van der Waals surface area contributed by atoms with Crippen molar-refractivity contribution in [3.05, 3.63) is 46.3 Å². The van der Waals surface area contributed by atoms with Gasteiger partial charge in [0.05, 0.1) is 11.3 Å². The number of carbonyl (C=O) groups is 2. The molecule has 1 aromatic carbocycles. The normalized spacial score (nSPS) is 13.8. The molecular formula is C18H21N3O2. The second kappa shape index (κ2) is 5.65. The van der Waals surface area contributed by atoms with Gasteiger partial charge in [0.25, 0.3) is 11.7 Å². The molecule has 1 aliphatic rings. The Hall–Kier alpha value is -2.43. The second-order valence-corrected chi connectivity index (χ2v) is 6.19. The number of anilines is 1. The standard InChI is InChI=1S/C18H21N3O2/c1-11-7-8-15-14(10-11)6-5-9-21(15)18(23)17(22)16-12(2)19-20(4)13(16)3/h7-8,10H,5-6,9H2,1-4H3. The number of Topliss-reactive ketones (excluding diaryl/α,β-unsaturated/α-hetero) is 1. The number of amides is 1. The van der Waals surface area contributed by atoms with E-state index in [0.29, 0.717) is 17.8 Å². The van der Waals surface area contributed by atoms with Crippen LogP contribution >= 0.6 is 0 Å². The van der Waals surface area contributed by atoms with Gasteiger partial charge in [-0.25, -0.2) is 0 Å². The fourth-order valence-electron chi connectivity index (χ4n) is 3.27. The van der Waals surface area contributed by atoms with Crippen molar-refractivity contribution in [1.82, 2.24) is 9.78 Å². The van der Waals surface area contributed by atoms with Crippen LogP contribution in [0.2, 0.25) is 0 Å².